The van der Waals surface area contributed by atoms with Crippen LogP contribution < -0.4 is 10.2 Å². The second-order valence-corrected chi connectivity index (χ2v) is 4.85. The Bertz CT molecular complexity index is 355. The summed E-state index contributed by atoms with van der Waals surface area (Å²) in [5, 5.41) is 6.32. The van der Waals surface area contributed by atoms with Gasteiger partial charge < -0.3 is 10.2 Å². The van der Waals surface area contributed by atoms with E-state index in [4.69, 9.17) is 0 Å². The first kappa shape index (κ1) is 10.6. The summed E-state index contributed by atoms with van der Waals surface area (Å²) in [6.45, 7) is 3.01. The lowest BCUT2D eigenvalue weighted by Gasteiger charge is -2.20. The predicted octanol–water partition coefficient (Wildman–Crippen LogP) is 1.77. The Morgan fingerprint density at radius 2 is 2.47 bits per heavy atom. The average molecular weight is 224 g/mol. The minimum atomic E-state index is 0.0245. The largest absolute Gasteiger partial charge is 0.306 e. The summed E-state index contributed by atoms with van der Waals surface area (Å²) < 4.78 is 0. The number of amides is 1. The number of hydrogen-bond donors (Lipinski definition) is 1. The zero-order chi connectivity index (χ0) is 10.8. The molecule has 1 aromatic rings. The van der Waals surface area contributed by atoms with Crippen LogP contribution in [0.25, 0.3) is 0 Å². The molecule has 4 heteroatoms. The Hall–Kier alpha value is -0.870. The molecule has 1 aromatic heterocycles. The highest BCUT2D eigenvalue weighted by molar-refractivity contribution is 7.14. The third-order valence-electron chi connectivity index (χ3n) is 2.83. The number of carbonyl (C=O) groups is 1. The normalized spacial score (nSPS) is 20.5. The number of carbonyl (C=O) groups excluding carboxylic acids is 1. The van der Waals surface area contributed by atoms with Crippen molar-refractivity contribution in [3.8, 4) is 0 Å². The molecule has 1 amide bonds. The Morgan fingerprint density at radius 3 is 3.00 bits per heavy atom. The van der Waals surface area contributed by atoms with Gasteiger partial charge in [0.1, 0.15) is 5.00 Å². The molecule has 0 aliphatic carbocycles. The summed E-state index contributed by atoms with van der Waals surface area (Å²) in [6.07, 6.45) is 2.07. The molecular weight excluding hydrogens is 208 g/mol. The van der Waals surface area contributed by atoms with Crippen molar-refractivity contribution < 1.29 is 4.79 Å². The summed E-state index contributed by atoms with van der Waals surface area (Å²) in [6, 6.07) is 2.07. The van der Waals surface area contributed by atoms with E-state index in [1.54, 1.807) is 16.2 Å². The highest BCUT2D eigenvalue weighted by Gasteiger charge is 2.26. The van der Waals surface area contributed by atoms with Crippen molar-refractivity contribution in [1.29, 1.82) is 0 Å². The topological polar surface area (TPSA) is 32.3 Å². The summed E-state index contributed by atoms with van der Waals surface area (Å²) in [5.41, 5.74) is 1.17. The van der Waals surface area contributed by atoms with Crippen molar-refractivity contribution in [1.82, 2.24) is 5.32 Å². The molecule has 0 spiro atoms. The quantitative estimate of drug-likeness (QED) is 0.830. The maximum Gasteiger partial charge on any atom is 0.244 e. The summed E-state index contributed by atoms with van der Waals surface area (Å²) in [7, 11) is 1.86. The van der Waals surface area contributed by atoms with E-state index in [0.29, 0.717) is 0 Å². The standard InChI is InChI=1S/C11H16N2OS/c1-8-5-7-15-11(8)13(2)10(14)9-4-3-6-12-9/h5,7,9,12H,3-4,6H2,1-2H3. The molecule has 82 valence electrons. The van der Waals surface area contributed by atoms with Gasteiger partial charge in [0.15, 0.2) is 0 Å². The summed E-state index contributed by atoms with van der Waals surface area (Å²) in [5.74, 6) is 0.193. The monoisotopic (exact) mass is 224 g/mol. The van der Waals surface area contributed by atoms with Gasteiger partial charge in [-0.1, -0.05) is 0 Å². The molecule has 1 aliphatic heterocycles. The van der Waals surface area contributed by atoms with Crippen molar-refractivity contribution in [2.45, 2.75) is 25.8 Å². The van der Waals surface area contributed by atoms with E-state index in [0.717, 1.165) is 24.4 Å². The summed E-state index contributed by atoms with van der Waals surface area (Å²) >= 11 is 1.62. The van der Waals surface area contributed by atoms with Crippen LogP contribution >= 0.6 is 11.3 Å². The first-order valence-corrected chi connectivity index (χ1v) is 6.13. The van der Waals surface area contributed by atoms with Crippen LogP contribution in [0, 0.1) is 6.92 Å². The van der Waals surface area contributed by atoms with Gasteiger partial charge in [-0.15, -0.1) is 11.3 Å². The first-order valence-electron chi connectivity index (χ1n) is 5.25. The van der Waals surface area contributed by atoms with Crippen LogP contribution in [0.5, 0.6) is 0 Å². The molecule has 0 bridgehead atoms. The molecule has 0 aromatic carbocycles. The number of likely N-dealkylation sites (N-methyl/N-ethyl adjacent to an activating group) is 1. The van der Waals surface area contributed by atoms with Gasteiger partial charge in [0.2, 0.25) is 5.91 Å². The van der Waals surface area contributed by atoms with Gasteiger partial charge in [0.25, 0.3) is 0 Å². The third kappa shape index (κ3) is 2.06. The molecule has 15 heavy (non-hydrogen) atoms. The van der Waals surface area contributed by atoms with Crippen LogP contribution in [0.3, 0.4) is 0 Å². The van der Waals surface area contributed by atoms with Crippen molar-refractivity contribution in [3.63, 3.8) is 0 Å². The van der Waals surface area contributed by atoms with E-state index in [2.05, 4.69) is 5.32 Å². The van der Waals surface area contributed by atoms with E-state index < -0.39 is 0 Å². The number of thiophene rings is 1. The van der Waals surface area contributed by atoms with Gasteiger partial charge in [-0.25, -0.2) is 0 Å². The SMILES string of the molecule is Cc1ccsc1N(C)C(=O)C1CCCN1. The zero-order valence-electron chi connectivity index (χ0n) is 9.12. The lowest BCUT2D eigenvalue weighted by atomic mass is 10.2. The molecule has 1 atom stereocenters. The smallest absolute Gasteiger partial charge is 0.244 e. The van der Waals surface area contributed by atoms with Gasteiger partial charge >= 0.3 is 0 Å². The molecule has 1 fully saturated rings. The van der Waals surface area contributed by atoms with Gasteiger partial charge in [0.05, 0.1) is 6.04 Å². The molecule has 1 unspecified atom stereocenters. The Labute approximate surface area is 94.1 Å². The van der Waals surface area contributed by atoms with Crippen molar-refractivity contribution in [2.24, 2.45) is 0 Å². The number of nitrogens with zero attached hydrogens (tertiary/aromatic N) is 1. The second-order valence-electron chi connectivity index (χ2n) is 3.95. The van der Waals surface area contributed by atoms with Crippen LogP contribution in [0.2, 0.25) is 0 Å². The minimum absolute atomic E-state index is 0.0245. The fourth-order valence-electron chi connectivity index (χ4n) is 1.94. The predicted molar refractivity (Wildman–Crippen MR) is 63.5 cm³/mol. The maximum absolute atomic E-state index is 12.1. The molecule has 0 radical (unpaired) electrons. The van der Waals surface area contributed by atoms with Gasteiger partial charge in [-0.3, -0.25) is 4.79 Å². The average Bonchev–Trinajstić information content (AvgIpc) is 2.85. The van der Waals surface area contributed by atoms with E-state index >= 15 is 0 Å². The third-order valence-corrected chi connectivity index (χ3v) is 3.92. The molecule has 1 saturated heterocycles. The highest BCUT2D eigenvalue weighted by atomic mass is 32.1. The minimum Gasteiger partial charge on any atom is -0.306 e. The number of anilines is 1. The lowest BCUT2D eigenvalue weighted by Crippen LogP contribution is -2.41. The van der Waals surface area contributed by atoms with Crippen LogP contribution in [-0.4, -0.2) is 25.5 Å². The fourth-order valence-corrected chi connectivity index (χ4v) is 2.84. The van der Waals surface area contributed by atoms with Crippen LogP contribution in [0.1, 0.15) is 18.4 Å². The van der Waals surface area contributed by atoms with E-state index in [1.165, 1.54) is 5.56 Å². The molecule has 2 heterocycles. The number of aryl methyl sites for hydroxylation is 1. The first-order chi connectivity index (χ1) is 7.20. The molecular formula is C11H16N2OS. The van der Waals surface area contributed by atoms with Crippen LogP contribution in [0.15, 0.2) is 11.4 Å². The number of hydrogen-bond acceptors (Lipinski definition) is 3. The number of nitrogens with one attached hydrogen (secondary N) is 1. The van der Waals surface area contributed by atoms with E-state index in [-0.39, 0.29) is 11.9 Å². The number of rotatable bonds is 2. The van der Waals surface area contributed by atoms with Gasteiger partial charge in [0, 0.05) is 7.05 Å². The Kier molecular flexibility index (Phi) is 3.07. The Balaban J connectivity index is 2.10. The molecule has 3 nitrogen and oxygen atoms in total. The van der Waals surface area contributed by atoms with Gasteiger partial charge in [-0.2, -0.15) is 0 Å². The zero-order valence-corrected chi connectivity index (χ0v) is 9.93. The molecule has 2 rings (SSSR count). The van der Waals surface area contributed by atoms with Crippen molar-refractivity contribution >= 4 is 22.2 Å². The highest BCUT2D eigenvalue weighted by Crippen LogP contribution is 2.26. The molecule has 1 N–H and O–H groups in total. The molecule has 0 saturated carbocycles. The molecule has 1 aliphatic rings. The Morgan fingerprint density at radius 1 is 1.67 bits per heavy atom. The van der Waals surface area contributed by atoms with E-state index in [9.17, 15) is 4.79 Å². The van der Waals surface area contributed by atoms with Crippen molar-refractivity contribution in [3.05, 3.63) is 17.0 Å². The van der Waals surface area contributed by atoms with Gasteiger partial charge in [-0.05, 0) is 43.3 Å². The lowest BCUT2D eigenvalue weighted by molar-refractivity contribution is -0.119. The maximum atomic E-state index is 12.1. The fraction of sp³-hybridized carbons (Fsp3) is 0.545. The summed E-state index contributed by atoms with van der Waals surface area (Å²) in [4.78, 5) is 13.8. The van der Waals surface area contributed by atoms with E-state index in [1.807, 2.05) is 25.4 Å². The van der Waals surface area contributed by atoms with Crippen molar-refractivity contribution in [2.75, 3.05) is 18.5 Å². The second kappa shape index (κ2) is 4.33. The van der Waals surface area contributed by atoms with Crippen LogP contribution in [-0.2, 0) is 4.79 Å². The van der Waals surface area contributed by atoms with Crippen LogP contribution in [0.4, 0.5) is 5.00 Å².